The Hall–Kier alpha value is -2.41. The Bertz CT molecular complexity index is 1290. The van der Waals surface area contributed by atoms with Gasteiger partial charge in [-0.15, -0.1) is 12.4 Å². The van der Waals surface area contributed by atoms with Crippen molar-refractivity contribution in [3.05, 3.63) is 43.7 Å². The van der Waals surface area contributed by atoms with E-state index in [1.807, 2.05) is 0 Å². The van der Waals surface area contributed by atoms with E-state index in [4.69, 9.17) is 5.73 Å². The van der Waals surface area contributed by atoms with Gasteiger partial charge in [0.1, 0.15) is 22.8 Å². The van der Waals surface area contributed by atoms with E-state index in [1.165, 1.54) is 11.0 Å². The van der Waals surface area contributed by atoms with Crippen LogP contribution in [0.1, 0.15) is 21.5 Å². The smallest absolute Gasteiger partial charge is 0.255 e. The molecule has 0 aliphatic heterocycles. The molecule has 33 heavy (non-hydrogen) atoms. The third kappa shape index (κ3) is 3.15. The zero-order valence-electron chi connectivity index (χ0n) is 17.8. The van der Waals surface area contributed by atoms with Crippen molar-refractivity contribution in [1.82, 2.24) is 4.90 Å². The second-order valence-electron chi connectivity index (χ2n) is 8.41. The maximum Gasteiger partial charge on any atom is 0.255 e. The average molecular weight is 589 g/mol. The van der Waals surface area contributed by atoms with Crippen molar-refractivity contribution in [2.75, 3.05) is 14.1 Å². The van der Waals surface area contributed by atoms with E-state index in [2.05, 4.69) is 22.6 Å². The van der Waals surface area contributed by atoms with Crippen molar-refractivity contribution in [3.8, 4) is 11.5 Å². The number of aliphatic hydroxyl groups excluding tert-OH is 1. The van der Waals surface area contributed by atoms with Gasteiger partial charge in [-0.1, -0.05) is 0 Å². The lowest BCUT2D eigenvalue weighted by molar-refractivity contribution is -0.140. The van der Waals surface area contributed by atoms with Crippen molar-refractivity contribution in [1.29, 1.82) is 0 Å². The number of rotatable bonds is 2. The standard InChI is InChI=1S/C22H21IN2O7.ClH/c1-7-8-6-9-16(25(2)3)18(28)15(21(24)31)20(30)22(9,32)19(29)13(8)17(27)14-11(26)5-4-10(23)12(7)14;/h4-5,9,16,26-28,32H,6H2,1-3H3,(H2,24,31);1H/t9-,16-,22-;/m0./s1. The lowest BCUT2D eigenvalue weighted by Gasteiger charge is -2.47. The SMILES string of the molecule is Cc1c2c(c(O)c3c(O)ccc(I)c13)C(=O)[C@]1(O)C(=O)C(C(N)=O)=C(O)[C@@H](N(C)C)[C@@H]1C2.Cl. The number of carbonyl (C=O) groups excluding carboxylic acids is 3. The van der Waals surface area contributed by atoms with Crippen LogP contribution in [0.2, 0.25) is 0 Å². The van der Waals surface area contributed by atoms with E-state index < -0.39 is 52.1 Å². The zero-order chi connectivity index (χ0) is 23.9. The summed E-state index contributed by atoms with van der Waals surface area (Å²) in [7, 11) is 3.14. The molecule has 0 fully saturated rings. The van der Waals surface area contributed by atoms with Crippen LogP contribution >= 0.6 is 35.0 Å². The highest BCUT2D eigenvalue weighted by atomic mass is 127. The van der Waals surface area contributed by atoms with Crippen molar-refractivity contribution < 1.29 is 34.8 Å². The van der Waals surface area contributed by atoms with Crippen LogP contribution in [-0.4, -0.2) is 68.5 Å². The van der Waals surface area contributed by atoms with Crippen LogP contribution in [0.5, 0.6) is 11.5 Å². The number of primary amides is 1. The highest BCUT2D eigenvalue weighted by molar-refractivity contribution is 14.1. The monoisotopic (exact) mass is 588 g/mol. The molecule has 0 bridgehead atoms. The van der Waals surface area contributed by atoms with Crippen LogP contribution in [0.4, 0.5) is 0 Å². The Kier molecular flexibility index (Phi) is 6.20. The minimum Gasteiger partial charge on any atom is -0.510 e. The van der Waals surface area contributed by atoms with Gasteiger partial charge in [0.05, 0.1) is 17.0 Å². The van der Waals surface area contributed by atoms with Gasteiger partial charge >= 0.3 is 0 Å². The molecule has 4 rings (SSSR count). The van der Waals surface area contributed by atoms with E-state index in [0.29, 0.717) is 16.5 Å². The van der Waals surface area contributed by atoms with Crippen LogP contribution in [0, 0.1) is 16.4 Å². The predicted octanol–water partition coefficient (Wildman–Crippen LogP) is 1.48. The maximum atomic E-state index is 13.6. The molecule has 0 aromatic heterocycles. The first kappa shape index (κ1) is 25.2. The number of aromatic hydroxyl groups is 2. The van der Waals surface area contributed by atoms with Gasteiger partial charge in [0.25, 0.3) is 5.91 Å². The number of carbonyl (C=O) groups is 3. The number of amides is 1. The summed E-state index contributed by atoms with van der Waals surface area (Å²) in [4.78, 5) is 40.3. The number of ketones is 2. The molecule has 0 spiro atoms. The molecule has 3 atom stereocenters. The molecule has 0 saturated heterocycles. The predicted molar refractivity (Wildman–Crippen MR) is 130 cm³/mol. The van der Waals surface area contributed by atoms with Crippen molar-refractivity contribution in [3.63, 3.8) is 0 Å². The number of benzene rings is 2. The topological polar surface area (TPSA) is 161 Å². The number of phenolic OH excluding ortho intramolecular Hbond substituents is 2. The number of nitrogens with two attached hydrogens (primary N) is 1. The Labute approximate surface area is 208 Å². The summed E-state index contributed by atoms with van der Waals surface area (Å²) >= 11 is 2.05. The molecule has 11 heteroatoms. The molecule has 2 aromatic carbocycles. The molecule has 0 saturated carbocycles. The summed E-state index contributed by atoms with van der Waals surface area (Å²) in [6.07, 6.45) is -0.0523. The van der Waals surface area contributed by atoms with Crippen LogP contribution in [0.15, 0.2) is 23.5 Å². The van der Waals surface area contributed by atoms with Gasteiger partial charge in [-0.05, 0) is 73.3 Å². The Morgan fingerprint density at radius 2 is 1.76 bits per heavy atom. The van der Waals surface area contributed by atoms with Crippen molar-refractivity contribution >= 4 is 63.2 Å². The fourth-order valence-electron chi connectivity index (χ4n) is 5.10. The van der Waals surface area contributed by atoms with Gasteiger partial charge in [-0.2, -0.15) is 0 Å². The summed E-state index contributed by atoms with van der Waals surface area (Å²) in [6, 6.07) is 1.98. The van der Waals surface area contributed by atoms with Crippen LogP contribution in [0.3, 0.4) is 0 Å². The van der Waals surface area contributed by atoms with Gasteiger partial charge in [-0.25, -0.2) is 0 Å². The summed E-state index contributed by atoms with van der Waals surface area (Å²) in [5, 5.41) is 44.2. The number of Topliss-reactive ketones (excluding diaryl/α,β-unsaturated/α-hetero) is 2. The first-order valence-electron chi connectivity index (χ1n) is 9.72. The minimum absolute atomic E-state index is 0. The van der Waals surface area contributed by atoms with E-state index in [9.17, 15) is 34.8 Å². The zero-order valence-corrected chi connectivity index (χ0v) is 20.8. The molecule has 0 unspecified atom stereocenters. The number of fused-ring (bicyclic) bond motifs is 3. The number of hydrogen-bond donors (Lipinski definition) is 5. The van der Waals surface area contributed by atoms with Gasteiger partial charge in [0.15, 0.2) is 5.60 Å². The van der Waals surface area contributed by atoms with Gasteiger partial charge < -0.3 is 26.2 Å². The minimum atomic E-state index is -2.73. The number of aryl methyl sites for hydroxylation is 1. The molecular formula is C22H22ClIN2O7. The molecule has 1 amide bonds. The quantitative estimate of drug-likeness (QED) is 0.200. The lowest BCUT2D eigenvalue weighted by Crippen LogP contribution is -2.66. The number of halogens is 2. The van der Waals surface area contributed by atoms with E-state index in [0.717, 1.165) is 3.57 Å². The summed E-state index contributed by atoms with van der Waals surface area (Å²) < 4.78 is 0.724. The fraction of sp³-hybridized carbons (Fsp3) is 0.318. The number of nitrogens with zero attached hydrogens (tertiary/aromatic N) is 1. The lowest BCUT2D eigenvalue weighted by atomic mass is 9.60. The summed E-state index contributed by atoms with van der Waals surface area (Å²) in [5.74, 6) is -6.23. The van der Waals surface area contributed by atoms with Gasteiger partial charge in [0, 0.05) is 14.9 Å². The Morgan fingerprint density at radius 1 is 1.15 bits per heavy atom. The normalized spacial score (nSPS) is 24.5. The van der Waals surface area contributed by atoms with Crippen LogP contribution in [-0.2, 0) is 16.0 Å². The second kappa shape index (κ2) is 8.12. The highest BCUT2D eigenvalue weighted by Gasteiger charge is 2.63. The summed E-state index contributed by atoms with van der Waals surface area (Å²) in [5.41, 5.74) is 2.43. The number of aliphatic hydroxyl groups is 2. The molecule has 2 aliphatic carbocycles. The van der Waals surface area contributed by atoms with Crippen molar-refractivity contribution in [2.24, 2.45) is 11.7 Å². The molecule has 2 aromatic rings. The molecule has 0 radical (unpaired) electrons. The molecule has 9 nitrogen and oxygen atoms in total. The summed E-state index contributed by atoms with van der Waals surface area (Å²) in [6.45, 7) is 1.72. The Morgan fingerprint density at radius 3 is 2.30 bits per heavy atom. The molecular weight excluding hydrogens is 567 g/mol. The number of likely N-dealkylation sites (N-methyl/N-ethyl adjacent to an activating group) is 1. The maximum absolute atomic E-state index is 13.6. The van der Waals surface area contributed by atoms with E-state index >= 15 is 0 Å². The fourth-order valence-corrected chi connectivity index (χ4v) is 5.96. The largest absolute Gasteiger partial charge is 0.510 e. The third-order valence-electron chi connectivity index (χ3n) is 6.56. The van der Waals surface area contributed by atoms with E-state index in [1.54, 1.807) is 27.1 Å². The first-order chi connectivity index (χ1) is 14.8. The molecule has 6 N–H and O–H groups in total. The molecule has 176 valence electrons. The van der Waals surface area contributed by atoms with Crippen LogP contribution < -0.4 is 5.73 Å². The van der Waals surface area contributed by atoms with E-state index in [-0.39, 0.29) is 35.5 Å². The van der Waals surface area contributed by atoms with Crippen molar-refractivity contribution in [2.45, 2.75) is 25.0 Å². The molecule has 2 aliphatic rings. The number of hydrogen-bond acceptors (Lipinski definition) is 8. The third-order valence-corrected chi connectivity index (χ3v) is 7.46. The van der Waals surface area contributed by atoms with Gasteiger partial charge in [0.2, 0.25) is 11.6 Å². The highest BCUT2D eigenvalue weighted by Crippen LogP contribution is 2.50. The second-order valence-corrected chi connectivity index (χ2v) is 9.57. The average Bonchev–Trinajstić information content (AvgIpc) is 2.69. The number of phenols is 2. The molecule has 0 heterocycles. The van der Waals surface area contributed by atoms with Crippen LogP contribution in [0.25, 0.3) is 10.8 Å². The Balaban J connectivity index is 0.00000306. The van der Waals surface area contributed by atoms with Gasteiger partial charge in [-0.3, -0.25) is 19.3 Å². The first-order valence-corrected chi connectivity index (χ1v) is 10.8.